The molecular formula is C19H28FN3O3S. The highest BCUT2D eigenvalue weighted by Gasteiger charge is 2.38. The molecule has 0 aromatic heterocycles. The van der Waals surface area contributed by atoms with Crippen molar-refractivity contribution in [2.75, 3.05) is 39.3 Å². The minimum absolute atomic E-state index is 0.0206. The van der Waals surface area contributed by atoms with E-state index in [4.69, 9.17) is 0 Å². The van der Waals surface area contributed by atoms with Crippen molar-refractivity contribution in [3.8, 4) is 0 Å². The molecule has 0 aliphatic carbocycles. The highest BCUT2D eigenvalue weighted by atomic mass is 32.2. The average molecular weight is 398 g/mol. The van der Waals surface area contributed by atoms with Gasteiger partial charge in [-0.25, -0.2) is 12.8 Å². The molecule has 2 aliphatic rings. The molecule has 0 saturated carbocycles. The van der Waals surface area contributed by atoms with Crippen molar-refractivity contribution in [2.45, 2.75) is 37.6 Å². The molecule has 6 nitrogen and oxygen atoms in total. The normalized spacial score (nSPS) is 22.7. The maximum absolute atomic E-state index is 13.4. The van der Waals surface area contributed by atoms with Gasteiger partial charge in [0.1, 0.15) is 5.82 Å². The molecule has 0 spiro atoms. The molecule has 2 saturated heterocycles. The van der Waals surface area contributed by atoms with Crippen LogP contribution in [-0.4, -0.2) is 73.7 Å². The van der Waals surface area contributed by atoms with E-state index in [-0.39, 0.29) is 16.8 Å². The van der Waals surface area contributed by atoms with Crippen LogP contribution in [0.1, 0.15) is 26.7 Å². The summed E-state index contributed by atoms with van der Waals surface area (Å²) in [5, 5.41) is 0. The summed E-state index contributed by atoms with van der Waals surface area (Å²) >= 11 is 0. The van der Waals surface area contributed by atoms with E-state index < -0.39 is 15.8 Å². The minimum Gasteiger partial charge on any atom is -0.341 e. The number of amides is 1. The smallest absolute Gasteiger partial charge is 0.243 e. The van der Waals surface area contributed by atoms with Crippen molar-refractivity contribution in [3.63, 3.8) is 0 Å². The number of halogens is 1. The standard InChI is InChI=1S/C19H28FN3O3S/c1-15(2)6-8-22-9-7-18(19(22)24)21-10-12-23(13-11-21)27(25,26)17-5-3-4-16(20)14-17/h3-5,14-15,18H,6-13H2,1-2H3. The highest BCUT2D eigenvalue weighted by molar-refractivity contribution is 7.89. The van der Waals surface area contributed by atoms with Gasteiger partial charge in [-0.3, -0.25) is 9.69 Å². The third-order valence-corrected chi connectivity index (χ3v) is 7.29. The van der Waals surface area contributed by atoms with Gasteiger partial charge in [-0.2, -0.15) is 4.31 Å². The summed E-state index contributed by atoms with van der Waals surface area (Å²) < 4.78 is 40.2. The largest absolute Gasteiger partial charge is 0.341 e. The predicted molar refractivity (Wildman–Crippen MR) is 101 cm³/mol. The van der Waals surface area contributed by atoms with E-state index in [1.165, 1.54) is 22.5 Å². The first-order chi connectivity index (χ1) is 12.8. The van der Waals surface area contributed by atoms with Crippen LogP contribution in [0.2, 0.25) is 0 Å². The maximum atomic E-state index is 13.4. The Kier molecular flexibility index (Phi) is 6.18. The number of benzene rings is 1. The van der Waals surface area contributed by atoms with Crippen LogP contribution in [0.3, 0.4) is 0 Å². The molecule has 1 aromatic carbocycles. The van der Waals surface area contributed by atoms with E-state index in [1.807, 2.05) is 4.90 Å². The quantitative estimate of drug-likeness (QED) is 0.734. The second kappa shape index (κ2) is 8.24. The van der Waals surface area contributed by atoms with Crippen LogP contribution in [0, 0.1) is 11.7 Å². The number of carbonyl (C=O) groups excluding carboxylic acids is 1. The van der Waals surface area contributed by atoms with Gasteiger partial charge in [-0.15, -0.1) is 0 Å². The van der Waals surface area contributed by atoms with Crippen molar-refractivity contribution in [1.82, 2.24) is 14.1 Å². The Balaban J connectivity index is 1.58. The number of hydrogen-bond donors (Lipinski definition) is 0. The van der Waals surface area contributed by atoms with Crippen LogP contribution in [0.25, 0.3) is 0 Å². The first-order valence-electron chi connectivity index (χ1n) is 9.57. The Morgan fingerprint density at radius 2 is 1.85 bits per heavy atom. The number of piperazine rings is 1. The fraction of sp³-hybridized carbons (Fsp3) is 0.632. The zero-order valence-electron chi connectivity index (χ0n) is 16.0. The summed E-state index contributed by atoms with van der Waals surface area (Å²) in [5.74, 6) is 0.165. The maximum Gasteiger partial charge on any atom is 0.243 e. The van der Waals surface area contributed by atoms with Gasteiger partial charge in [-0.1, -0.05) is 19.9 Å². The Hall–Kier alpha value is -1.51. The summed E-state index contributed by atoms with van der Waals surface area (Å²) in [6.07, 6.45) is 1.80. The lowest BCUT2D eigenvalue weighted by Crippen LogP contribution is -2.53. The molecule has 8 heteroatoms. The lowest BCUT2D eigenvalue weighted by Gasteiger charge is -2.36. The minimum atomic E-state index is -3.70. The lowest BCUT2D eigenvalue weighted by molar-refractivity contribution is -0.132. The van der Waals surface area contributed by atoms with Crippen molar-refractivity contribution < 1.29 is 17.6 Å². The van der Waals surface area contributed by atoms with E-state index in [2.05, 4.69) is 18.7 Å². The first kappa shape index (κ1) is 20.2. The molecule has 1 atom stereocenters. The van der Waals surface area contributed by atoms with Gasteiger partial charge in [0.2, 0.25) is 15.9 Å². The number of sulfonamides is 1. The van der Waals surface area contributed by atoms with Crippen LogP contribution < -0.4 is 0 Å². The van der Waals surface area contributed by atoms with E-state index in [1.54, 1.807) is 0 Å². The van der Waals surface area contributed by atoms with Gasteiger partial charge in [0.15, 0.2) is 0 Å². The van der Waals surface area contributed by atoms with Crippen LogP contribution in [-0.2, 0) is 14.8 Å². The number of likely N-dealkylation sites (tertiary alicyclic amines) is 1. The Labute approximate surface area is 161 Å². The summed E-state index contributed by atoms with van der Waals surface area (Å²) in [7, 11) is -3.70. The molecule has 1 unspecified atom stereocenters. The molecule has 2 aliphatic heterocycles. The van der Waals surface area contributed by atoms with Gasteiger partial charge in [0.05, 0.1) is 10.9 Å². The molecule has 2 fully saturated rings. The van der Waals surface area contributed by atoms with Crippen LogP contribution in [0.15, 0.2) is 29.2 Å². The highest BCUT2D eigenvalue weighted by Crippen LogP contribution is 2.23. The molecule has 3 rings (SSSR count). The van der Waals surface area contributed by atoms with Crippen LogP contribution in [0.5, 0.6) is 0 Å². The molecule has 27 heavy (non-hydrogen) atoms. The molecule has 150 valence electrons. The Morgan fingerprint density at radius 1 is 1.15 bits per heavy atom. The Morgan fingerprint density at radius 3 is 2.48 bits per heavy atom. The van der Waals surface area contributed by atoms with Gasteiger partial charge < -0.3 is 4.90 Å². The molecule has 1 amide bonds. The topological polar surface area (TPSA) is 60.9 Å². The van der Waals surface area contributed by atoms with Crippen molar-refractivity contribution in [3.05, 3.63) is 30.1 Å². The van der Waals surface area contributed by atoms with E-state index in [9.17, 15) is 17.6 Å². The Bertz CT molecular complexity index is 776. The zero-order chi connectivity index (χ0) is 19.6. The fourth-order valence-electron chi connectivity index (χ4n) is 3.73. The van der Waals surface area contributed by atoms with Crippen molar-refractivity contribution in [2.24, 2.45) is 5.92 Å². The molecule has 2 heterocycles. The second-order valence-corrected chi connectivity index (χ2v) is 9.65. The fourth-order valence-corrected chi connectivity index (χ4v) is 5.18. The van der Waals surface area contributed by atoms with E-state index in [0.29, 0.717) is 32.1 Å². The summed E-state index contributed by atoms with van der Waals surface area (Å²) in [4.78, 5) is 16.7. The number of carbonyl (C=O) groups is 1. The SMILES string of the molecule is CC(C)CCN1CCC(N2CCN(S(=O)(=O)c3cccc(F)c3)CC2)C1=O. The monoisotopic (exact) mass is 397 g/mol. The summed E-state index contributed by atoms with van der Waals surface area (Å²) in [5.41, 5.74) is 0. The van der Waals surface area contributed by atoms with Gasteiger partial charge in [-0.05, 0) is 37.0 Å². The van der Waals surface area contributed by atoms with E-state index in [0.717, 1.165) is 32.0 Å². The third-order valence-electron chi connectivity index (χ3n) is 5.39. The first-order valence-corrected chi connectivity index (χ1v) is 11.0. The zero-order valence-corrected chi connectivity index (χ0v) is 16.8. The predicted octanol–water partition coefficient (Wildman–Crippen LogP) is 1.78. The number of nitrogens with zero attached hydrogens (tertiary/aromatic N) is 3. The van der Waals surface area contributed by atoms with E-state index >= 15 is 0 Å². The van der Waals surface area contributed by atoms with Gasteiger partial charge in [0, 0.05) is 39.3 Å². The second-order valence-electron chi connectivity index (χ2n) is 7.71. The summed E-state index contributed by atoms with van der Waals surface area (Å²) in [6, 6.07) is 4.96. The average Bonchev–Trinajstić information content (AvgIpc) is 3.00. The van der Waals surface area contributed by atoms with Gasteiger partial charge in [0.25, 0.3) is 0 Å². The number of hydrogen-bond acceptors (Lipinski definition) is 4. The summed E-state index contributed by atoms with van der Waals surface area (Å²) in [6.45, 7) is 7.53. The molecule has 0 radical (unpaired) electrons. The van der Waals surface area contributed by atoms with Gasteiger partial charge >= 0.3 is 0 Å². The molecule has 0 bridgehead atoms. The lowest BCUT2D eigenvalue weighted by atomic mass is 10.1. The van der Waals surface area contributed by atoms with Crippen molar-refractivity contribution in [1.29, 1.82) is 0 Å². The van der Waals surface area contributed by atoms with Crippen LogP contribution >= 0.6 is 0 Å². The third kappa shape index (κ3) is 4.50. The number of rotatable bonds is 6. The molecule has 1 aromatic rings. The molecular weight excluding hydrogens is 369 g/mol. The molecule has 0 N–H and O–H groups in total. The van der Waals surface area contributed by atoms with Crippen molar-refractivity contribution >= 4 is 15.9 Å². The van der Waals surface area contributed by atoms with Crippen LogP contribution in [0.4, 0.5) is 4.39 Å².